The molecule has 0 aromatic rings. The van der Waals surface area contributed by atoms with E-state index in [4.69, 9.17) is 0 Å². The number of nitrogens with zero attached hydrogens (tertiary/aromatic N) is 1. The highest BCUT2D eigenvalue weighted by atomic mass is 16.3. The summed E-state index contributed by atoms with van der Waals surface area (Å²) in [4.78, 5) is 2.36. The van der Waals surface area contributed by atoms with Crippen molar-refractivity contribution in [3.05, 3.63) is 0 Å². The molecule has 2 N–H and O–H groups in total. The van der Waals surface area contributed by atoms with E-state index in [-0.39, 0.29) is 0 Å². The molecule has 3 heteroatoms. The number of hydrogen-bond donors (Lipinski definition) is 2. The summed E-state index contributed by atoms with van der Waals surface area (Å²) < 4.78 is 0. The number of β-amino-alcohol motifs (C(OH)–C–C–N with tert-alkyl or cyclic N) is 1. The van der Waals surface area contributed by atoms with E-state index in [0.29, 0.717) is 12.6 Å². The maximum Gasteiger partial charge on any atom is 0.0869 e. The van der Waals surface area contributed by atoms with Gasteiger partial charge in [-0.15, -0.1) is 0 Å². The van der Waals surface area contributed by atoms with Gasteiger partial charge in [0.15, 0.2) is 0 Å². The Hall–Kier alpha value is -0.120. The Bertz CT molecular complexity index is 159. The minimum Gasteiger partial charge on any atom is -0.388 e. The SMILES string of the molecule is CCC(C)N1CCNCC(C)(O)C1. The van der Waals surface area contributed by atoms with Crippen LogP contribution >= 0.6 is 0 Å². The summed E-state index contributed by atoms with van der Waals surface area (Å²) in [6.45, 7) is 9.85. The van der Waals surface area contributed by atoms with E-state index in [1.165, 1.54) is 0 Å². The molecule has 1 heterocycles. The van der Waals surface area contributed by atoms with Crippen LogP contribution in [0.3, 0.4) is 0 Å². The molecule has 0 spiro atoms. The van der Waals surface area contributed by atoms with Crippen molar-refractivity contribution in [2.24, 2.45) is 0 Å². The molecule has 3 nitrogen and oxygen atoms in total. The van der Waals surface area contributed by atoms with Gasteiger partial charge in [-0.05, 0) is 20.3 Å². The van der Waals surface area contributed by atoms with E-state index in [2.05, 4.69) is 24.1 Å². The predicted octanol–water partition coefficient (Wildman–Crippen LogP) is 0.441. The molecule has 1 fully saturated rings. The van der Waals surface area contributed by atoms with E-state index in [1.54, 1.807) is 0 Å². The van der Waals surface area contributed by atoms with E-state index >= 15 is 0 Å². The van der Waals surface area contributed by atoms with Gasteiger partial charge >= 0.3 is 0 Å². The Labute approximate surface area is 81.1 Å². The smallest absolute Gasteiger partial charge is 0.0869 e. The fraction of sp³-hybridized carbons (Fsp3) is 1.00. The number of hydrogen-bond acceptors (Lipinski definition) is 3. The summed E-state index contributed by atoms with van der Waals surface area (Å²) in [6.07, 6.45) is 1.15. The molecule has 78 valence electrons. The minimum atomic E-state index is -0.570. The molecule has 0 aromatic carbocycles. The molecule has 1 rings (SSSR count). The number of nitrogens with one attached hydrogen (secondary N) is 1. The van der Waals surface area contributed by atoms with Gasteiger partial charge < -0.3 is 10.4 Å². The second-order valence-corrected chi connectivity index (χ2v) is 4.40. The molecule has 13 heavy (non-hydrogen) atoms. The Kier molecular flexibility index (Phi) is 3.71. The molecule has 0 amide bonds. The molecular weight excluding hydrogens is 164 g/mol. The molecule has 0 aromatic heterocycles. The Morgan fingerprint density at radius 2 is 2.31 bits per heavy atom. The van der Waals surface area contributed by atoms with E-state index in [9.17, 15) is 5.11 Å². The molecule has 0 bridgehead atoms. The van der Waals surface area contributed by atoms with Crippen LogP contribution in [0.5, 0.6) is 0 Å². The predicted molar refractivity (Wildman–Crippen MR) is 54.8 cm³/mol. The van der Waals surface area contributed by atoms with Crippen molar-refractivity contribution in [1.82, 2.24) is 10.2 Å². The number of aliphatic hydroxyl groups is 1. The van der Waals surface area contributed by atoms with Gasteiger partial charge in [-0.3, -0.25) is 4.90 Å². The van der Waals surface area contributed by atoms with Gasteiger partial charge in [0, 0.05) is 32.2 Å². The zero-order chi connectivity index (χ0) is 9.90. The first-order valence-electron chi connectivity index (χ1n) is 5.22. The van der Waals surface area contributed by atoms with Gasteiger partial charge in [0.2, 0.25) is 0 Å². The molecule has 0 saturated carbocycles. The molecule has 1 aliphatic rings. The number of rotatable bonds is 2. The van der Waals surface area contributed by atoms with Crippen LogP contribution in [-0.2, 0) is 0 Å². The Morgan fingerprint density at radius 1 is 1.62 bits per heavy atom. The summed E-state index contributed by atoms with van der Waals surface area (Å²) in [5.74, 6) is 0. The third-order valence-corrected chi connectivity index (χ3v) is 2.84. The second kappa shape index (κ2) is 4.40. The lowest BCUT2D eigenvalue weighted by Gasteiger charge is -2.31. The molecule has 0 aliphatic carbocycles. The van der Waals surface area contributed by atoms with Crippen LogP contribution in [0.1, 0.15) is 27.2 Å². The van der Waals surface area contributed by atoms with Crippen molar-refractivity contribution >= 4 is 0 Å². The fourth-order valence-electron chi connectivity index (χ4n) is 1.79. The third-order valence-electron chi connectivity index (χ3n) is 2.84. The average Bonchev–Trinajstić information content (AvgIpc) is 2.25. The van der Waals surface area contributed by atoms with Crippen molar-refractivity contribution < 1.29 is 5.11 Å². The van der Waals surface area contributed by atoms with Gasteiger partial charge in [-0.25, -0.2) is 0 Å². The standard InChI is InChI=1S/C10H22N2O/c1-4-9(2)12-6-5-11-7-10(3,13)8-12/h9,11,13H,4-8H2,1-3H3. The summed E-state index contributed by atoms with van der Waals surface area (Å²) in [6, 6.07) is 0.575. The van der Waals surface area contributed by atoms with Gasteiger partial charge in [0.05, 0.1) is 5.60 Å². The van der Waals surface area contributed by atoms with Crippen LogP contribution in [0, 0.1) is 0 Å². The van der Waals surface area contributed by atoms with Crippen LogP contribution in [0.25, 0.3) is 0 Å². The van der Waals surface area contributed by atoms with Crippen molar-refractivity contribution in [2.45, 2.75) is 38.8 Å². The lowest BCUT2D eigenvalue weighted by Crippen LogP contribution is -2.45. The van der Waals surface area contributed by atoms with Crippen LogP contribution in [0.4, 0.5) is 0 Å². The van der Waals surface area contributed by atoms with Gasteiger partial charge in [-0.1, -0.05) is 6.92 Å². The molecule has 0 radical (unpaired) electrons. The summed E-state index contributed by atoms with van der Waals surface area (Å²) >= 11 is 0. The average molecular weight is 186 g/mol. The Morgan fingerprint density at radius 3 is 2.92 bits per heavy atom. The topological polar surface area (TPSA) is 35.5 Å². The highest BCUT2D eigenvalue weighted by molar-refractivity contribution is 4.85. The molecule has 2 atom stereocenters. The maximum atomic E-state index is 9.97. The first kappa shape index (κ1) is 11.0. The van der Waals surface area contributed by atoms with Crippen LogP contribution < -0.4 is 5.32 Å². The zero-order valence-electron chi connectivity index (χ0n) is 9.01. The van der Waals surface area contributed by atoms with Crippen LogP contribution in [0.15, 0.2) is 0 Å². The van der Waals surface area contributed by atoms with E-state index in [0.717, 1.165) is 26.1 Å². The summed E-state index contributed by atoms with van der Waals surface area (Å²) in [5, 5.41) is 13.2. The van der Waals surface area contributed by atoms with Gasteiger partial charge in [0.1, 0.15) is 0 Å². The van der Waals surface area contributed by atoms with Crippen molar-refractivity contribution in [3.8, 4) is 0 Å². The third kappa shape index (κ3) is 3.25. The highest BCUT2D eigenvalue weighted by Crippen LogP contribution is 2.12. The van der Waals surface area contributed by atoms with Crippen molar-refractivity contribution in [1.29, 1.82) is 0 Å². The fourth-order valence-corrected chi connectivity index (χ4v) is 1.79. The van der Waals surface area contributed by atoms with E-state index < -0.39 is 5.60 Å². The molecule has 1 saturated heterocycles. The first-order valence-corrected chi connectivity index (χ1v) is 5.22. The second-order valence-electron chi connectivity index (χ2n) is 4.40. The maximum absolute atomic E-state index is 9.97. The van der Waals surface area contributed by atoms with E-state index in [1.807, 2.05) is 6.92 Å². The van der Waals surface area contributed by atoms with Gasteiger partial charge in [0.25, 0.3) is 0 Å². The first-order chi connectivity index (χ1) is 6.05. The minimum absolute atomic E-state index is 0.570. The zero-order valence-corrected chi connectivity index (χ0v) is 9.01. The monoisotopic (exact) mass is 186 g/mol. The van der Waals surface area contributed by atoms with Crippen LogP contribution in [0.2, 0.25) is 0 Å². The molecule has 2 unspecified atom stereocenters. The van der Waals surface area contributed by atoms with Crippen molar-refractivity contribution in [3.63, 3.8) is 0 Å². The Balaban J connectivity index is 2.54. The lowest BCUT2D eigenvalue weighted by molar-refractivity contribution is 0.0232. The van der Waals surface area contributed by atoms with Crippen LogP contribution in [-0.4, -0.2) is 47.8 Å². The highest BCUT2D eigenvalue weighted by Gasteiger charge is 2.27. The largest absolute Gasteiger partial charge is 0.388 e. The normalized spacial score (nSPS) is 34.2. The quantitative estimate of drug-likeness (QED) is 0.657. The van der Waals surface area contributed by atoms with Crippen molar-refractivity contribution in [2.75, 3.05) is 26.2 Å². The molecule has 1 aliphatic heterocycles. The summed E-state index contributed by atoms with van der Waals surface area (Å²) in [5.41, 5.74) is -0.570. The lowest BCUT2D eigenvalue weighted by atomic mass is 10.1. The molecular formula is C10H22N2O. The summed E-state index contributed by atoms with van der Waals surface area (Å²) in [7, 11) is 0. The van der Waals surface area contributed by atoms with Gasteiger partial charge in [-0.2, -0.15) is 0 Å².